The van der Waals surface area contributed by atoms with Crippen LogP contribution in [-0.4, -0.2) is 29.2 Å². The molecule has 0 aliphatic rings. The maximum Gasteiger partial charge on any atom is 0.253 e. The Labute approximate surface area is 99.4 Å². The molecule has 3 heteroatoms. The van der Waals surface area contributed by atoms with Crippen LogP contribution in [-0.2, 0) is 0 Å². The fraction of sp³-hybridized carbons (Fsp3) is 0.417. The summed E-state index contributed by atoms with van der Waals surface area (Å²) in [5.74, 6) is 0.108. The second kappa shape index (κ2) is 5.91. The number of carbonyl (C=O) groups excluding carboxylic acids is 1. The topological polar surface area (TPSA) is 20.3 Å². The van der Waals surface area contributed by atoms with Crippen LogP contribution < -0.4 is 0 Å². The largest absolute Gasteiger partial charge is 0.338 e. The Kier molecular flexibility index (Phi) is 4.82. The summed E-state index contributed by atoms with van der Waals surface area (Å²) in [6, 6.07) is 7.70. The van der Waals surface area contributed by atoms with Crippen molar-refractivity contribution in [2.75, 3.05) is 18.4 Å². The highest BCUT2D eigenvalue weighted by atomic mass is 79.9. The molecular weight excluding hydrogens is 254 g/mol. The number of rotatable bonds is 4. The van der Waals surface area contributed by atoms with Gasteiger partial charge in [0, 0.05) is 24.0 Å². The molecule has 0 saturated carbocycles. The van der Waals surface area contributed by atoms with E-state index in [2.05, 4.69) is 15.9 Å². The highest BCUT2D eigenvalue weighted by molar-refractivity contribution is 9.09. The molecule has 0 N–H and O–H groups in total. The van der Waals surface area contributed by atoms with Gasteiger partial charge < -0.3 is 4.90 Å². The van der Waals surface area contributed by atoms with Crippen molar-refractivity contribution in [1.82, 2.24) is 4.90 Å². The van der Waals surface area contributed by atoms with E-state index in [4.69, 9.17) is 0 Å². The molecule has 2 nitrogen and oxygen atoms in total. The molecule has 0 unspecified atom stereocenters. The zero-order valence-corrected chi connectivity index (χ0v) is 10.8. The molecule has 0 fully saturated rings. The van der Waals surface area contributed by atoms with Crippen molar-refractivity contribution in [1.29, 1.82) is 0 Å². The van der Waals surface area contributed by atoms with Crippen LogP contribution in [0, 0.1) is 6.92 Å². The maximum atomic E-state index is 12.0. The van der Waals surface area contributed by atoms with Crippen molar-refractivity contribution in [3.8, 4) is 0 Å². The predicted molar refractivity (Wildman–Crippen MR) is 66.6 cm³/mol. The normalized spacial score (nSPS) is 10.1. The van der Waals surface area contributed by atoms with Gasteiger partial charge >= 0.3 is 0 Å². The summed E-state index contributed by atoms with van der Waals surface area (Å²) in [4.78, 5) is 13.8. The lowest BCUT2D eigenvalue weighted by Gasteiger charge is -2.19. The van der Waals surface area contributed by atoms with Crippen molar-refractivity contribution in [3.63, 3.8) is 0 Å². The van der Waals surface area contributed by atoms with Gasteiger partial charge in [-0.3, -0.25) is 4.79 Å². The van der Waals surface area contributed by atoms with Crippen molar-refractivity contribution < 1.29 is 4.79 Å². The third-order valence-corrected chi connectivity index (χ3v) is 2.68. The van der Waals surface area contributed by atoms with E-state index < -0.39 is 0 Å². The van der Waals surface area contributed by atoms with E-state index in [-0.39, 0.29) is 5.91 Å². The van der Waals surface area contributed by atoms with Crippen LogP contribution >= 0.6 is 15.9 Å². The first-order chi connectivity index (χ1) is 7.19. The van der Waals surface area contributed by atoms with Gasteiger partial charge in [-0.15, -0.1) is 0 Å². The molecule has 0 radical (unpaired) electrons. The van der Waals surface area contributed by atoms with E-state index in [1.54, 1.807) is 0 Å². The molecule has 0 heterocycles. The number of hydrogen-bond acceptors (Lipinski definition) is 1. The molecule has 15 heavy (non-hydrogen) atoms. The third-order valence-electron chi connectivity index (χ3n) is 2.32. The fourth-order valence-electron chi connectivity index (χ4n) is 1.38. The molecule has 0 aliphatic carbocycles. The first-order valence-corrected chi connectivity index (χ1v) is 6.23. The average molecular weight is 270 g/mol. The van der Waals surface area contributed by atoms with Crippen molar-refractivity contribution in [3.05, 3.63) is 35.4 Å². The van der Waals surface area contributed by atoms with Crippen molar-refractivity contribution in [2.45, 2.75) is 13.8 Å². The molecular formula is C12H16BrNO. The van der Waals surface area contributed by atoms with E-state index in [0.29, 0.717) is 0 Å². The highest BCUT2D eigenvalue weighted by Gasteiger charge is 2.12. The maximum absolute atomic E-state index is 12.0. The minimum atomic E-state index is 0.108. The van der Waals surface area contributed by atoms with Gasteiger partial charge in [0.15, 0.2) is 0 Å². The summed E-state index contributed by atoms with van der Waals surface area (Å²) in [7, 11) is 0. The Hall–Kier alpha value is -0.830. The zero-order valence-electron chi connectivity index (χ0n) is 9.16. The summed E-state index contributed by atoms with van der Waals surface area (Å²) in [5, 5.41) is 0.818. The molecule has 0 spiro atoms. The molecule has 0 aromatic heterocycles. The lowest BCUT2D eigenvalue weighted by Crippen LogP contribution is -2.32. The van der Waals surface area contributed by atoms with Gasteiger partial charge in [-0.2, -0.15) is 0 Å². The van der Waals surface area contributed by atoms with E-state index in [1.807, 2.05) is 43.0 Å². The van der Waals surface area contributed by atoms with Crippen molar-refractivity contribution >= 4 is 21.8 Å². The Balaban J connectivity index is 2.78. The lowest BCUT2D eigenvalue weighted by molar-refractivity contribution is 0.0775. The average Bonchev–Trinajstić information content (AvgIpc) is 2.26. The van der Waals surface area contributed by atoms with Crippen LogP contribution in [0.3, 0.4) is 0 Å². The number of amides is 1. The van der Waals surface area contributed by atoms with Crippen LogP contribution in [0.25, 0.3) is 0 Å². The number of hydrogen-bond donors (Lipinski definition) is 0. The molecule has 0 aliphatic heterocycles. The second-order valence-corrected chi connectivity index (χ2v) is 4.23. The third kappa shape index (κ3) is 3.34. The Morgan fingerprint density at radius 1 is 1.33 bits per heavy atom. The number of carbonyl (C=O) groups is 1. The molecule has 0 atom stereocenters. The number of benzene rings is 1. The van der Waals surface area contributed by atoms with Gasteiger partial charge in [-0.1, -0.05) is 33.6 Å². The summed E-state index contributed by atoms with van der Waals surface area (Å²) in [5.41, 5.74) is 1.94. The molecule has 1 rings (SSSR count). The van der Waals surface area contributed by atoms with Crippen LogP contribution in [0.2, 0.25) is 0 Å². The van der Waals surface area contributed by atoms with E-state index in [0.717, 1.165) is 24.0 Å². The first kappa shape index (κ1) is 12.2. The zero-order chi connectivity index (χ0) is 11.3. The lowest BCUT2D eigenvalue weighted by atomic mass is 10.1. The standard InChI is InChI=1S/C12H16BrNO/c1-3-14(9-8-13)12(15)11-6-4-10(2)5-7-11/h4-7H,3,8-9H2,1-2H3. The minimum absolute atomic E-state index is 0.108. The van der Waals surface area contributed by atoms with Crippen LogP contribution in [0.1, 0.15) is 22.8 Å². The number of nitrogens with zero attached hydrogens (tertiary/aromatic N) is 1. The smallest absolute Gasteiger partial charge is 0.253 e. The number of aryl methyl sites for hydroxylation is 1. The summed E-state index contributed by atoms with van der Waals surface area (Å²) >= 11 is 3.35. The minimum Gasteiger partial charge on any atom is -0.338 e. The summed E-state index contributed by atoms with van der Waals surface area (Å²) < 4.78 is 0. The Bertz CT molecular complexity index is 321. The number of alkyl halides is 1. The fourth-order valence-corrected chi connectivity index (χ4v) is 1.81. The summed E-state index contributed by atoms with van der Waals surface area (Å²) in [6.07, 6.45) is 0. The van der Waals surface area contributed by atoms with Crippen molar-refractivity contribution in [2.24, 2.45) is 0 Å². The second-order valence-electron chi connectivity index (χ2n) is 3.44. The molecule has 1 aromatic carbocycles. The van der Waals surface area contributed by atoms with E-state index in [9.17, 15) is 4.79 Å². The van der Waals surface area contributed by atoms with Gasteiger partial charge in [0.05, 0.1) is 0 Å². The first-order valence-electron chi connectivity index (χ1n) is 5.11. The quantitative estimate of drug-likeness (QED) is 0.770. The van der Waals surface area contributed by atoms with Gasteiger partial charge in [0.2, 0.25) is 0 Å². The molecule has 0 bridgehead atoms. The highest BCUT2D eigenvalue weighted by Crippen LogP contribution is 2.07. The number of halogens is 1. The molecule has 1 amide bonds. The van der Waals surface area contributed by atoms with Gasteiger partial charge in [0.25, 0.3) is 5.91 Å². The van der Waals surface area contributed by atoms with Gasteiger partial charge in [-0.25, -0.2) is 0 Å². The van der Waals surface area contributed by atoms with Crippen LogP contribution in [0.4, 0.5) is 0 Å². The van der Waals surface area contributed by atoms with Crippen LogP contribution in [0.5, 0.6) is 0 Å². The Morgan fingerprint density at radius 2 is 1.93 bits per heavy atom. The van der Waals surface area contributed by atoms with E-state index in [1.165, 1.54) is 5.56 Å². The van der Waals surface area contributed by atoms with E-state index >= 15 is 0 Å². The molecule has 0 saturated heterocycles. The van der Waals surface area contributed by atoms with Gasteiger partial charge in [0.1, 0.15) is 0 Å². The molecule has 82 valence electrons. The van der Waals surface area contributed by atoms with Crippen LogP contribution in [0.15, 0.2) is 24.3 Å². The van der Waals surface area contributed by atoms with Gasteiger partial charge in [-0.05, 0) is 26.0 Å². The Morgan fingerprint density at radius 3 is 2.40 bits per heavy atom. The predicted octanol–water partition coefficient (Wildman–Crippen LogP) is 2.85. The summed E-state index contributed by atoms with van der Waals surface area (Å²) in [6.45, 7) is 5.51. The monoisotopic (exact) mass is 269 g/mol. The SMILES string of the molecule is CCN(CCBr)C(=O)c1ccc(C)cc1. The molecule has 1 aromatic rings.